The average molecular weight is 369 g/mol. The Morgan fingerprint density at radius 1 is 0.630 bits per heavy atom. The first-order chi connectivity index (χ1) is 13.1. The summed E-state index contributed by atoms with van der Waals surface area (Å²) in [5, 5.41) is 0. The van der Waals surface area contributed by atoms with Crippen molar-refractivity contribution in [2.45, 2.75) is 27.2 Å². The van der Waals surface area contributed by atoms with Gasteiger partial charge in [-0.05, 0) is 55.5 Å². The Labute approximate surface area is 166 Å². The number of rotatable bonds is 4. The Hall–Kier alpha value is -2.64. The highest BCUT2D eigenvalue weighted by Gasteiger charge is 2.13. The van der Waals surface area contributed by atoms with E-state index in [-0.39, 0.29) is 0 Å². The van der Waals surface area contributed by atoms with E-state index in [1.807, 2.05) is 11.3 Å². The Balaban J connectivity index is 1.80. The van der Waals surface area contributed by atoms with Crippen LogP contribution in [0.3, 0.4) is 0 Å². The maximum atomic E-state index is 2.39. The SMILES string of the molecule is Cc1ccc(-c2sc(-c3cccc(C)c3)cc2Cc2cccc(C)c2)cc1. The lowest BCUT2D eigenvalue weighted by molar-refractivity contribution is 1.20. The van der Waals surface area contributed by atoms with Gasteiger partial charge in [-0.3, -0.25) is 0 Å². The fraction of sp³-hybridized carbons (Fsp3) is 0.154. The molecule has 0 saturated carbocycles. The van der Waals surface area contributed by atoms with E-state index >= 15 is 0 Å². The molecule has 0 aliphatic carbocycles. The second-order valence-corrected chi connectivity index (χ2v) is 8.42. The standard InChI is InChI=1S/C26H24S/c1-18-10-12-22(13-11-18)26-24(16-21-8-4-6-19(2)14-21)17-25(27-26)23-9-5-7-20(3)15-23/h4-15,17H,16H2,1-3H3. The van der Waals surface area contributed by atoms with Crippen molar-refractivity contribution in [2.24, 2.45) is 0 Å². The molecule has 1 aromatic heterocycles. The second kappa shape index (κ2) is 7.54. The van der Waals surface area contributed by atoms with Crippen molar-refractivity contribution < 1.29 is 0 Å². The van der Waals surface area contributed by atoms with E-state index in [9.17, 15) is 0 Å². The minimum atomic E-state index is 0.965. The average Bonchev–Trinajstić information content (AvgIpc) is 3.06. The number of thiophene rings is 1. The van der Waals surface area contributed by atoms with Crippen LogP contribution in [-0.2, 0) is 6.42 Å². The summed E-state index contributed by atoms with van der Waals surface area (Å²) in [5.74, 6) is 0. The van der Waals surface area contributed by atoms with Gasteiger partial charge in [-0.25, -0.2) is 0 Å². The zero-order chi connectivity index (χ0) is 18.8. The first-order valence-corrected chi connectivity index (χ1v) is 10.2. The third-order valence-electron chi connectivity index (χ3n) is 4.90. The predicted octanol–water partition coefficient (Wildman–Crippen LogP) is 7.60. The van der Waals surface area contributed by atoms with E-state index in [1.54, 1.807) is 0 Å². The van der Waals surface area contributed by atoms with Crippen molar-refractivity contribution in [3.63, 3.8) is 0 Å². The fourth-order valence-electron chi connectivity index (χ4n) is 3.49. The topological polar surface area (TPSA) is 0 Å². The molecule has 0 amide bonds. The smallest absolute Gasteiger partial charge is 0.0384 e. The molecule has 0 bridgehead atoms. The number of hydrogen-bond donors (Lipinski definition) is 0. The van der Waals surface area contributed by atoms with Gasteiger partial charge in [0.15, 0.2) is 0 Å². The Kier molecular flexibility index (Phi) is 4.96. The van der Waals surface area contributed by atoms with Gasteiger partial charge in [0.1, 0.15) is 0 Å². The molecule has 0 aliphatic heterocycles. The highest BCUT2D eigenvalue weighted by Crippen LogP contribution is 2.39. The van der Waals surface area contributed by atoms with Gasteiger partial charge in [-0.2, -0.15) is 0 Å². The van der Waals surface area contributed by atoms with Crippen LogP contribution in [0.1, 0.15) is 27.8 Å². The molecule has 0 spiro atoms. The van der Waals surface area contributed by atoms with E-state index in [4.69, 9.17) is 0 Å². The van der Waals surface area contributed by atoms with Gasteiger partial charge in [0.05, 0.1) is 0 Å². The third kappa shape index (κ3) is 4.04. The first-order valence-electron chi connectivity index (χ1n) is 9.41. The Morgan fingerprint density at radius 2 is 1.33 bits per heavy atom. The molecule has 1 heterocycles. The van der Waals surface area contributed by atoms with Gasteiger partial charge < -0.3 is 0 Å². The first kappa shape index (κ1) is 17.8. The van der Waals surface area contributed by atoms with Gasteiger partial charge in [0, 0.05) is 9.75 Å². The van der Waals surface area contributed by atoms with Gasteiger partial charge in [-0.1, -0.05) is 89.5 Å². The van der Waals surface area contributed by atoms with Crippen LogP contribution in [0, 0.1) is 20.8 Å². The van der Waals surface area contributed by atoms with Crippen LogP contribution in [0.4, 0.5) is 0 Å². The molecular weight excluding hydrogens is 344 g/mol. The molecule has 0 atom stereocenters. The second-order valence-electron chi connectivity index (χ2n) is 7.37. The highest BCUT2D eigenvalue weighted by atomic mass is 32.1. The van der Waals surface area contributed by atoms with Crippen LogP contribution in [0.5, 0.6) is 0 Å². The lowest BCUT2D eigenvalue weighted by Crippen LogP contribution is -1.89. The molecule has 0 radical (unpaired) electrons. The van der Waals surface area contributed by atoms with Gasteiger partial charge in [0.2, 0.25) is 0 Å². The molecule has 0 N–H and O–H groups in total. The van der Waals surface area contributed by atoms with Gasteiger partial charge in [-0.15, -0.1) is 11.3 Å². The summed E-state index contributed by atoms with van der Waals surface area (Å²) in [6, 6.07) is 28.9. The molecule has 0 unspecified atom stereocenters. The molecule has 4 aromatic rings. The van der Waals surface area contributed by atoms with E-state index in [1.165, 1.54) is 48.7 Å². The summed E-state index contributed by atoms with van der Waals surface area (Å²) in [4.78, 5) is 2.73. The largest absolute Gasteiger partial charge is 0.135 e. The van der Waals surface area contributed by atoms with E-state index in [0.29, 0.717) is 0 Å². The van der Waals surface area contributed by atoms with Crippen molar-refractivity contribution in [3.05, 3.63) is 107 Å². The predicted molar refractivity (Wildman–Crippen MR) is 119 cm³/mol. The van der Waals surface area contributed by atoms with Crippen LogP contribution in [0.15, 0.2) is 78.9 Å². The van der Waals surface area contributed by atoms with Crippen molar-refractivity contribution in [2.75, 3.05) is 0 Å². The lowest BCUT2D eigenvalue weighted by Gasteiger charge is -2.06. The molecule has 0 saturated heterocycles. The normalized spacial score (nSPS) is 10.9. The maximum absolute atomic E-state index is 2.39. The maximum Gasteiger partial charge on any atom is 0.0384 e. The molecule has 1 heteroatoms. The molecule has 0 nitrogen and oxygen atoms in total. The van der Waals surface area contributed by atoms with E-state index in [0.717, 1.165) is 6.42 Å². The molecule has 4 rings (SSSR count). The third-order valence-corrected chi connectivity index (χ3v) is 6.18. The van der Waals surface area contributed by atoms with Crippen molar-refractivity contribution in [1.29, 1.82) is 0 Å². The highest BCUT2D eigenvalue weighted by molar-refractivity contribution is 7.19. The number of benzene rings is 3. The zero-order valence-electron chi connectivity index (χ0n) is 16.1. The Morgan fingerprint density at radius 3 is 2.04 bits per heavy atom. The molecule has 134 valence electrons. The summed E-state index contributed by atoms with van der Waals surface area (Å²) < 4.78 is 0. The van der Waals surface area contributed by atoms with Crippen molar-refractivity contribution >= 4 is 11.3 Å². The summed E-state index contributed by atoms with van der Waals surface area (Å²) in [6.07, 6.45) is 0.965. The van der Waals surface area contributed by atoms with Crippen LogP contribution in [0.2, 0.25) is 0 Å². The van der Waals surface area contributed by atoms with Crippen LogP contribution in [-0.4, -0.2) is 0 Å². The zero-order valence-corrected chi connectivity index (χ0v) is 16.9. The van der Waals surface area contributed by atoms with Crippen LogP contribution >= 0.6 is 11.3 Å². The number of aryl methyl sites for hydroxylation is 3. The Bertz CT molecular complexity index is 1070. The van der Waals surface area contributed by atoms with Crippen LogP contribution in [0.25, 0.3) is 20.9 Å². The molecule has 0 aliphatic rings. The molecular formula is C26H24S. The summed E-state index contributed by atoms with van der Waals surface area (Å²) >= 11 is 1.90. The summed E-state index contributed by atoms with van der Waals surface area (Å²) in [7, 11) is 0. The van der Waals surface area contributed by atoms with Crippen LogP contribution < -0.4 is 0 Å². The lowest BCUT2D eigenvalue weighted by atomic mass is 9.99. The van der Waals surface area contributed by atoms with E-state index in [2.05, 4.69) is 99.6 Å². The molecule has 3 aromatic carbocycles. The fourth-order valence-corrected chi connectivity index (χ4v) is 4.67. The van der Waals surface area contributed by atoms with Crippen molar-refractivity contribution in [3.8, 4) is 20.9 Å². The van der Waals surface area contributed by atoms with Crippen molar-refractivity contribution in [1.82, 2.24) is 0 Å². The minimum absolute atomic E-state index is 0.965. The summed E-state index contributed by atoms with van der Waals surface area (Å²) in [5.41, 5.74) is 9.32. The van der Waals surface area contributed by atoms with Gasteiger partial charge >= 0.3 is 0 Å². The molecule has 0 fully saturated rings. The molecule has 27 heavy (non-hydrogen) atoms. The quantitative estimate of drug-likeness (QED) is 0.348. The van der Waals surface area contributed by atoms with E-state index < -0.39 is 0 Å². The summed E-state index contributed by atoms with van der Waals surface area (Å²) in [6.45, 7) is 6.46. The monoisotopic (exact) mass is 368 g/mol. The number of hydrogen-bond acceptors (Lipinski definition) is 1. The van der Waals surface area contributed by atoms with Gasteiger partial charge in [0.25, 0.3) is 0 Å². The minimum Gasteiger partial charge on any atom is -0.135 e.